The Hall–Kier alpha value is -3.84. The van der Waals surface area contributed by atoms with E-state index in [-0.39, 0.29) is 29.3 Å². The van der Waals surface area contributed by atoms with Crippen LogP contribution in [0.4, 0.5) is 11.4 Å². The minimum absolute atomic E-state index is 0.109. The third kappa shape index (κ3) is 3.22. The number of non-ortho nitro benzene ring substituents is 1. The number of anilines is 1. The van der Waals surface area contributed by atoms with Crippen LogP contribution in [0, 0.1) is 33.8 Å². The predicted octanol–water partition coefficient (Wildman–Crippen LogP) is 5.78. The number of fused-ring (bicyclic) bond motifs is 5. The first kappa shape index (κ1) is 21.7. The van der Waals surface area contributed by atoms with Crippen molar-refractivity contribution in [3.05, 3.63) is 122 Å². The second kappa shape index (κ2) is 8.13. The number of carbonyl (C=O) groups is 2. The Morgan fingerprint density at radius 2 is 1.31 bits per heavy atom. The van der Waals surface area contributed by atoms with Gasteiger partial charge in [-0.3, -0.25) is 19.7 Å². The first-order valence-electron chi connectivity index (χ1n) is 11.3. The van der Waals surface area contributed by atoms with Crippen molar-refractivity contribution in [2.75, 3.05) is 4.90 Å². The number of hydrogen-bond acceptors (Lipinski definition) is 4. The van der Waals surface area contributed by atoms with Gasteiger partial charge >= 0.3 is 0 Å². The van der Waals surface area contributed by atoms with Gasteiger partial charge in [0.1, 0.15) is 0 Å². The van der Waals surface area contributed by atoms with Crippen LogP contribution in [-0.2, 0) is 9.59 Å². The van der Waals surface area contributed by atoms with Crippen molar-refractivity contribution in [2.45, 2.75) is 0 Å². The third-order valence-corrected chi connectivity index (χ3v) is 7.85. The fraction of sp³-hybridized carbons (Fsp3) is 0.143. The minimum Gasteiger partial charge on any atom is -0.274 e. The number of carbonyl (C=O) groups excluding carboxylic acids is 2. The van der Waals surface area contributed by atoms with Crippen LogP contribution in [0.1, 0.15) is 11.1 Å². The van der Waals surface area contributed by atoms with E-state index < -0.39 is 16.8 Å². The summed E-state index contributed by atoms with van der Waals surface area (Å²) in [4.78, 5) is 39.2. The van der Waals surface area contributed by atoms with Gasteiger partial charge in [-0.2, -0.15) is 0 Å². The molecule has 2 aliphatic carbocycles. The monoisotopic (exact) mass is 526 g/mol. The van der Waals surface area contributed by atoms with Crippen molar-refractivity contribution in [1.29, 1.82) is 0 Å². The molecular weight excluding hydrogens is 508 g/mol. The topological polar surface area (TPSA) is 80.5 Å². The van der Waals surface area contributed by atoms with Gasteiger partial charge in [0.2, 0.25) is 11.8 Å². The highest BCUT2D eigenvalue weighted by molar-refractivity contribution is 9.10. The lowest BCUT2D eigenvalue weighted by Crippen LogP contribution is -2.33. The lowest BCUT2D eigenvalue weighted by atomic mass is 9.85. The maximum Gasteiger partial charge on any atom is 0.270 e. The van der Waals surface area contributed by atoms with Crippen molar-refractivity contribution in [3.63, 3.8) is 0 Å². The summed E-state index contributed by atoms with van der Waals surface area (Å²) in [5.74, 6) is -1.86. The van der Waals surface area contributed by atoms with Gasteiger partial charge in [0.05, 0.1) is 22.4 Å². The first-order chi connectivity index (χ1) is 17.0. The number of imide groups is 1. The van der Waals surface area contributed by atoms with Crippen molar-refractivity contribution in [1.82, 2.24) is 0 Å². The number of halogens is 1. The molecule has 0 aromatic heterocycles. The van der Waals surface area contributed by atoms with Crippen LogP contribution in [0.15, 0.2) is 101 Å². The molecule has 1 saturated heterocycles. The minimum atomic E-state index is -0.507. The summed E-state index contributed by atoms with van der Waals surface area (Å²) in [6.45, 7) is 0. The Morgan fingerprint density at radius 1 is 0.800 bits per heavy atom. The van der Waals surface area contributed by atoms with Gasteiger partial charge in [-0.05, 0) is 44.3 Å². The van der Waals surface area contributed by atoms with E-state index in [1.165, 1.54) is 23.1 Å². The van der Waals surface area contributed by atoms with Gasteiger partial charge < -0.3 is 0 Å². The molecule has 3 aromatic rings. The Labute approximate surface area is 209 Å². The van der Waals surface area contributed by atoms with Crippen molar-refractivity contribution >= 4 is 44.7 Å². The van der Waals surface area contributed by atoms with Gasteiger partial charge in [0, 0.05) is 28.4 Å². The van der Waals surface area contributed by atoms with E-state index in [9.17, 15) is 19.7 Å². The summed E-state index contributed by atoms with van der Waals surface area (Å²) in [5.41, 5.74) is 4.54. The highest BCUT2D eigenvalue weighted by Crippen LogP contribution is 2.59. The number of allylic oxidation sites excluding steroid dienone is 3. The van der Waals surface area contributed by atoms with Gasteiger partial charge in [-0.15, -0.1) is 0 Å². The van der Waals surface area contributed by atoms with E-state index in [0.29, 0.717) is 10.2 Å². The zero-order chi connectivity index (χ0) is 24.3. The van der Waals surface area contributed by atoms with Crippen molar-refractivity contribution < 1.29 is 14.5 Å². The molecule has 2 fully saturated rings. The highest BCUT2D eigenvalue weighted by Gasteiger charge is 2.62. The number of nitro groups is 1. The van der Waals surface area contributed by atoms with Gasteiger partial charge in [0.15, 0.2) is 0 Å². The molecule has 0 N–H and O–H groups in total. The zero-order valence-electron chi connectivity index (χ0n) is 18.4. The van der Waals surface area contributed by atoms with Crippen LogP contribution in [-0.4, -0.2) is 16.7 Å². The molecule has 0 radical (unpaired) electrons. The largest absolute Gasteiger partial charge is 0.274 e. The summed E-state index contributed by atoms with van der Waals surface area (Å²) in [6.07, 6.45) is 4.12. The molecule has 3 aliphatic rings. The summed E-state index contributed by atoms with van der Waals surface area (Å²) in [5, 5.41) is 11.1. The van der Waals surface area contributed by atoms with Gasteiger partial charge in [-0.1, -0.05) is 72.8 Å². The Kier molecular flexibility index (Phi) is 5.04. The molecule has 1 aliphatic heterocycles. The number of nitro benzene ring substituents is 1. The predicted molar refractivity (Wildman–Crippen MR) is 135 cm³/mol. The molecule has 2 amide bonds. The molecular formula is C28H19BrN2O4. The number of amides is 2. The summed E-state index contributed by atoms with van der Waals surface area (Å²) >= 11 is 3.33. The normalized spacial score (nSPS) is 24.3. The van der Waals surface area contributed by atoms with Gasteiger partial charge in [0.25, 0.3) is 5.69 Å². The van der Waals surface area contributed by atoms with Crippen LogP contribution in [0.3, 0.4) is 0 Å². The number of nitrogens with zero attached hydrogens (tertiary/aromatic N) is 2. The van der Waals surface area contributed by atoms with E-state index in [2.05, 4.69) is 52.3 Å². The van der Waals surface area contributed by atoms with Crippen molar-refractivity contribution in [2.24, 2.45) is 23.7 Å². The molecule has 6 rings (SSSR count). The molecule has 1 saturated carbocycles. The highest BCUT2D eigenvalue weighted by atomic mass is 79.9. The first-order valence-corrected chi connectivity index (χ1v) is 12.1. The average Bonchev–Trinajstić information content (AvgIpc) is 3.50. The van der Waals surface area contributed by atoms with Crippen LogP contribution in [0.5, 0.6) is 0 Å². The second-order valence-electron chi connectivity index (χ2n) is 8.96. The summed E-state index contributed by atoms with van der Waals surface area (Å²) in [7, 11) is 0. The lowest BCUT2D eigenvalue weighted by molar-refractivity contribution is -0.384. The number of benzene rings is 3. The SMILES string of the molecule is O=C1[C@@H]2[C@@H](C(=O)N1c1ccc([N+](=O)[O-])cc1Br)[C@H]1C=C[C@@H]2C1=C(c1ccccc1)c1ccccc1. The van der Waals surface area contributed by atoms with E-state index in [4.69, 9.17) is 0 Å². The van der Waals surface area contributed by atoms with Crippen LogP contribution < -0.4 is 4.90 Å². The maximum absolute atomic E-state index is 13.7. The molecule has 1 heterocycles. The maximum atomic E-state index is 13.7. The fourth-order valence-electron chi connectivity index (χ4n) is 5.83. The quantitative estimate of drug-likeness (QED) is 0.187. The van der Waals surface area contributed by atoms with Crippen molar-refractivity contribution in [3.8, 4) is 0 Å². The smallest absolute Gasteiger partial charge is 0.270 e. The average molecular weight is 527 g/mol. The standard InChI is InChI=1S/C28H19BrN2O4/c29-21-15-18(31(34)35)11-14-22(21)30-27(32)25-19-12-13-20(26(25)28(30)33)24(19)23(16-7-3-1-4-8-16)17-9-5-2-6-10-17/h1-15,19-20,25-26H/t19-,20+,25-,26-/m0/s1. The molecule has 172 valence electrons. The number of hydrogen-bond donors (Lipinski definition) is 0. The Bertz CT molecular complexity index is 1370. The van der Waals surface area contributed by atoms with E-state index >= 15 is 0 Å². The van der Waals surface area contributed by atoms with E-state index in [0.717, 1.165) is 22.3 Å². The zero-order valence-corrected chi connectivity index (χ0v) is 20.0. The number of rotatable bonds is 4. The molecule has 0 unspecified atom stereocenters. The van der Waals surface area contributed by atoms with Crippen LogP contribution in [0.25, 0.3) is 5.57 Å². The Balaban J connectivity index is 1.46. The lowest BCUT2D eigenvalue weighted by Gasteiger charge is -2.22. The molecule has 3 aromatic carbocycles. The summed E-state index contributed by atoms with van der Waals surface area (Å²) in [6, 6.07) is 24.3. The fourth-order valence-corrected chi connectivity index (χ4v) is 6.38. The van der Waals surface area contributed by atoms with Gasteiger partial charge in [-0.25, -0.2) is 4.90 Å². The summed E-state index contributed by atoms with van der Waals surface area (Å²) < 4.78 is 0.346. The van der Waals surface area contributed by atoms with E-state index in [1.807, 2.05) is 36.4 Å². The van der Waals surface area contributed by atoms with E-state index in [1.54, 1.807) is 0 Å². The van der Waals surface area contributed by atoms with Crippen LogP contribution >= 0.6 is 15.9 Å². The molecule has 4 atom stereocenters. The molecule has 2 bridgehead atoms. The molecule has 0 spiro atoms. The third-order valence-electron chi connectivity index (χ3n) is 7.21. The molecule has 7 heteroatoms. The molecule has 6 nitrogen and oxygen atoms in total. The molecule has 35 heavy (non-hydrogen) atoms. The Morgan fingerprint density at radius 3 is 1.77 bits per heavy atom. The van der Waals surface area contributed by atoms with Crippen LogP contribution in [0.2, 0.25) is 0 Å². The second-order valence-corrected chi connectivity index (χ2v) is 9.81.